The van der Waals surface area contributed by atoms with Gasteiger partial charge in [-0.15, -0.1) is 35.0 Å². The van der Waals surface area contributed by atoms with Crippen molar-refractivity contribution in [3.05, 3.63) is 34.9 Å². The highest BCUT2D eigenvalue weighted by Crippen LogP contribution is 2.23. The highest BCUT2D eigenvalue weighted by atomic mass is 35.5. The third-order valence-electron chi connectivity index (χ3n) is 2.33. The molecular weight excluding hydrogens is 301 g/mol. The van der Waals surface area contributed by atoms with E-state index >= 15 is 0 Å². The molecule has 18 heavy (non-hydrogen) atoms. The second-order valence-corrected chi connectivity index (χ2v) is 3.74. The van der Waals surface area contributed by atoms with Crippen molar-refractivity contribution in [2.45, 2.75) is 6.54 Å². The molecule has 0 spiro atoms. The first-order valence-corrected chi connectivity index (χ1v) is 5.05. The normalized spacial score (nSPS) is 9.56. The molecule has 1 aromatic heterocycles. The van der Waals surface area contributed by atoms with Gasteiger partial charge in [0.25, 0.3) is 0 Å². The zero-order valence-electron chi connectivity index (χ0n) is 9.43. The van der Waals surface area contributed by atoms with Crippen LogP contribution < -0.4 is 5.73 Å². The third kappa shape index (κ3) is 3.11. The van der Waals surface area contributed by atoms with Gasteiger partial charge in [-0.2, -0.15) is 0 Å². The lowest BCUT2D eigenvalue weighted by atomic mass is 10.2. The van der Waals surface area contributed by atoms with Crippen LogP contribution in [0, 0.1) is 5.82 Å². The Kier molecular flexibility index (Phi) is 6.56. The maximum absolute atomic E-state index is 13.0. The second kappa shape index (κ2) is 6.89. The Morgan fingerprint density at radius 2 is 2.00 bits per heavy atom. The molecule has 100 valence electrons. The number of rotatable bonds is 2. The average molecular weight is 314 g/mol. The smallest absolute Gasteiger partial charge is 0.163 e. The van der Waals surface area contributed by atoms with E-state index in [1.807, 2.05) is 0 Å². The van der Waals surface area contributed by atoms with Crippen LogP contribution in [-0.4, -0.2) is 14.8 Å². The highest BCUT2D eigenvalue weighted by molar-refractivity contribution is 6.31. The van der Waals surface area contributed by atoms with E-state index in [1.165, 1.54) is 12.1 Å². The van der Waals surface area contributed by atoms with E-state index in [0.717, 1.165) is 0 Å². The van der Waals surface area contributed by atoms with Crippen molar-refractivity contribution < 1.29 is 4.39 Å². The number of halogens is 4. The van der Waals surface area contributed by atoms with Crippen LogP contribution in [0.25, 0.3) is 11.4 Å². The van der Waals surface area contributed by atoms with Gasteiger partial charge in [0.15, 0.2) is 5.82 Å². The molecule has 0 aliphatic rings. The zero-order chi connectivity index (χ0) is 11.7. The predicted octanol–water partition coefficient (Wildman–Crippen LogP) is 2.58. The van der Waals surface area contributed by atoms with Gasteiger partial charge < -0.3 is 10.3 Å². The minimum absolute atomic E-state index is 0. The number of aromatic nitrogens is 3. The van der Waals surface area contributed by atoms with Gasteiger partial charge in [0.1, 0.15) is 11.6 Å². The second-order valence-electron chi connectivity index (χ2n) is 3.33. The van der Waals surface area contributed by atoms with Crippen molar-refractivity contribution in [1.82, 2.24) is 14.8 Å². The van der Waals surface area contributed by atoms with Gasteiger partial charge in [-0.1, -0.05) is 11.6 Å². The van der Waals surface area contributed by atoms with Crippen LogP contribution in [-0.2, 0) is 13.6 Å². The summed E-state index contributed by atoms with van der Waals surface area (Å²) in [6.07, 6.45) is 0. The molecule has 4 nitrogen and oxygen atoms in total. The summed E-state index contributed by atoms with van der Waals surface area (Å²) < 4.78 is 14.7. The fourth-order valence-corrected chi connectivity index (χ4v) is 1.61. The first kappa shape index (κ1) is 17.1. The van der Waals surface area contributed by atoms with Crippen LogP contribution in [0.5, 0.6) is 0 Å². The topological polar surface area (TPSA) is 56.7 Å². The molecule has 0 amide bonds. The Hall–Kier alpha value is -0.880. The van der Waals surface area contributed by atoms with Crippen molar-refractivity contribution in [3.8, 4) is 11.4 Å². The molecule has 0 aliphatic carbocycles. The Morgan fingerprint density at radius 1 is 1.33 bits per heavy atom. The molecule has 1 heterocycles. The third-order valence-corrected chi connectivity index (χ3v) is 2.62. The molecule has 0 aliphatic heterocycles. The van der Waals surface area contributed by atoms with E-state index in [0.29, 0.717) is 23.8 Å². The van der Waals surface area contributed by atoms with E-state index in [9.17, 15) is 4.39 Å². The SMILES string of the molecule is Cl.Cl.Cn1c(CN)nnc1-c1ccc(F)c(Cl)c1. The van der Waals surface area contributed by atoms with Crippen LogP contribution in [0.1, 0.15) is 5.82 Å². The van der Waals surface area contributed by atoms with Gasteiger partial charge in [0, 0.05) is 12.6 Å². The number of nitrogens with two attached hydrogens (primary N) is 1. The van der Waals surface area contributed by atoms with Crippen LogP contribution in [0.4, 0.5) is 4.39 Å². The minimum atomic E-state index is -0.452. The molecule has 0 fully saturated rings. The standard InChI is InChI=1S/C10H10ClFN4.2ClH/c1-16-9(5-13)14-15-10(16)6-2-3-8(12)7(11)4-6;;/h2-4H,5,13H2,1H3;2*1H. The van der Waals surface area contributed by atoms with E-state index in [-0.39, 0.29) is 29.8 Å². The van der Waals surface area contributed by atoms with Crippen molar-refractivity contribution >= 4 is 36.4 Å². The summed E-state index contributed by atoms with van der Waals surface area (Å²) in [7, 11) is 1.80. The van der Waals surface area contributed by atoms with Gasteiger partial charge in [-0.25, -0.2) is 4.39 Å². The lowest BCUT2D eigenvalue weighted by Crippen LogP contribution is -2.05. The molecule has 2 N–H and O–H groups in total. The fraction of sp³-hybridized carbons (Fsp3) is 0.200. The fourth-order valence-electron chi connectivity index (χ4n) is 1.43. The van der Waals surface area contributed by atoms with Crippen LogP contribution in [0.3, 0.4) is 0 Å². The summed E-state index contributed by atoms with van der Waals surface area (Å²) in [5.41, 5.74) is 6.20. The van der Waals surface area contributed by atoms with Crippen LogP contribution in [0.2, 0.25) is 5.02 Å². The maximum atomic E-state index is 13.0. The monoisotopic (exact) mass is 312 g/mol. The molecule has 0 saturated carbocycles. The Balaban J connectivity index is 0.00000144. The lowest BCUT2D eigenvalue weighted by molar-refractivity contribution is 0.628. The predicted molar refractivity (Wildman–Crippen MR) is 73.8 cm³/mol. The van der Waals surface area contributed by atoms with Gasteiger partial charge >= 0.3 is 0 Å². The van der Waals surface area contributed by atoms with Crippen LogP contribution in [0.15, 0.2) is 18.2 Å². The van der Waals surface area contributed by atoms with Gasteiger partial charge in [0.05, 0.1) is 11.6 Å². The Morgan fingerprint density at radius 3 is 2.50 bits per heavy atom. The summed E-state index contributed by atoms with van der Waals surface area (Å²) in [5, 5.41) is 7.96. The summed E-state index contributed by atoms with van der Waals surface area (Å²) >= 11 is 5.70. The van der Waals surface area contributed by atoms with Crippen molar-refractivity contribution in [2.24, 2.45) is 12.8 Å². The quantitative estimate of drug-likeness (QED) is 0.927. The largest absolute Gasteiger partial charge is 0.324 e. The molecular formula is C10H12Cl3FN4. The molecule has 0 saturated heterocycles. The lowest BCUT2D eigenvalue weighted by Gasteiger charge is -2.03. The Labute approximate surface area is 121 Å². The van der Waals surface area contributed by atoms with Gasteiger partial charge in [0.2, 0.25) is 0 Å². The summed E-state index contributed by atoms with van der Waals surface area (Å²) in [6.45, 7) is 0.304. The average Bonchev–Trinajstić information content (AvgIpc) is 2.64. The number of hydrogen-bond acceptors (Lipinski definition) is 3. The molecule has 0 bridgehead atoms. The molecule has 8 heteroatoms. The van der Waals surface area contributed by atoms with Gasteiger partial charge in [-0.3, -0.25) is 0 Å². The zero-order valence-corrected chi connectivity index (χ0v) is 11.8. The molecule has 0 radical (unpaired) electrons. The van der Waals surface area contributed by atoms with E-state index in [4.69, 9.17) is 17.3 Å². The van der Waals surface area contributed by atoms with Crippen molar-refractivity contribution in [2.75, 3.05) is 0 Å². The molecule has 2 rings (SSSR count). The minimum Gasteiger partial charge on any atom is -0.324 e. The van der Waals surface area contributed by atoms with Crippen molar-refractivity contribution in [1.29, 1.82) is 0 Å². The molecule has 2 aromatic rings. The van der Waals surface area contributed by atoms with Crippen molar-refractivity contribution in [3.63, 3.8) is 0 Å². The number of benzene rings is 1. The van der Waals surface area contributed by atoms with E-state index in [1.54, 1.807) is 17.7 Å². The Bertz CT molecular complexity index is 530. The summed E-state index contributed by atoms with van der Waals surface area (Å²) in [5.74, 6) is 0.824. The van der Waals surface area contributed by atoms with Crippen LogP contribution >= 0.6 is 36.4 Å². The molecule has 0 atom stereocenters. The first-order valence-electron chi connectivity index (χ1n) is 4.67. The van der Waals surface area contributed by atoms with Gasteiger partial charge in [-0.05, 0) is 18.2 Å². The number of hydrogen-bond donors (Lipinski definition) is 1. The number of nitrogens with zero attached hydrogens (tertiary/aromatic N) is 3. The van der Waals surface area contributed by atoms with E-state index in [2.05, 4.69) is 10.2 Å². The summed E-state index contributed by atoms with van der Waals surface area (Å²) in [4.78, 5) is 0. The maximum Gasteiger partial charge on any atom is 0.163 e. The molecule has 0 unspecified atom stereocenters. The molecule has 1 aromatic carbocycles. The first-order chi connectivity index (χ1) is 7.63. The summed E-state index contributed by atoms with van der Waals surface area (Å²) in [6, 6.07) is 4.42. The highest BCUT2D eigenvalue weighted by Gasteiger charge is 2.11. The van der Waals surface area contributed by atoms with E-state index < -0.39 is 5.82 Å².